The van der Waals surface area contributed by atoms with Crippen molar-refractivity contribution in [1.82, 2.24) is 0 Å². The van der Waals surface area contributed by atoms with Crippen LogP contribution in [0.25, 0.3) is 0 Å². The zero-order chi connectivity index (χ0) is 8.48. The Morgan fingerprint density at radius 1 is 0.615 bits per heavy atom. The van der Waals surface area contributed by atoms with E-state index in [2.05, 4.69) is 0 Å². The van der Waals surface area contributed by atoms with Gasteiger partial charge in [0.05, 0.1) is 12.2 Å². The Bertz CT molecular complexity index is 281. The van der Waals surface area contributed by atoms with Gasteiger partial charge in [-0.3, -0.25) is 0 Å². The zero-order valence-electron chi connectivity index (χ0n) is 7.38. The standard InChI is InChI=1S/C11H14O2/c12-10-6-2-1-3-5-4(2)8(10)9(5)11(13)7(3)6/h2-13H,1H2/t2-,3+,4-,5-,6-,7+,8+,9-,10+,11-/m1/s1. The van der Waals surface area contributed by atoms with Gasteiger partial charge in [0, 0.05) is 0 Å². The predicted octanol–water partition coefficient (Wildman–Crippen LogP) is 0.0959. The van der Waals surface area contributed by atoms with Crippen molar-refractivity contribution in [3.8, 4) is 0 Å². The lowest BCUT2D eigenvalue weighted by Gasteiger charge is -2.47. The third-order valence-corrected chi connectivity index (χ3v) is 6.32. The molecule has 2 nitrogen and oxygen atoms in total. The van der Waals surface area contributed by atoms with E-state index in [9.17, 15) is 10.2 Å². The topological polar surface area (TPSA) is 40.5 Å². The summed E-state index contributed by atoms with van der Waals surface area (Å²) in [5, 5.41) is 20.2. The molecule has 5 saturated carbocycles. The van der Waals surface area contributed by atoms with Crippen LogP contribution in [0.3, 0.4) is 0 Å². The third kappa shape index (κ3) is 0.375. The number of fused-ring (bicyclic) bond motifs is 2. The number of hydrogen-bond donors (Lipinski definition) is 2. The van der Waals surface area contributed by atoms with E-state index < -0.39 is 0 Å². The first-order valence-electron chi connectivity index (χ1n) is 5.67. The van der Waals surface area contributed by atoms with Crippen LogP contribution in [0.4, 0.5) is 0 Å². The van der Waals surface area contributed by atoms with E-state index in [0.29, 0.717) is 23.7 Å². The highest BCUT2D eigenvalue weighted by molar-refractivity contribution is 5.30. The quantitative estimate of drug-likeness (QED) is 0.552. The summed E-state index contributed by atoms with van der Waals surface area (Å²) in [5.74, 6) is 5.33. The average Bonchev–Trinajstić information content (AvgIpc) is 2.52. The molecule has 0 saturated heterocycles. The molecule has 5 aliphatic carbocycles. The molecule has 0 radical (unpaired) electrons. The number of aliphatic hydroxyl groups excluding tert-OH is 2. The van der Waals surface area contributed by atoms with Crippen molar-refractivity contribution in [1.29, 1.82) is 0 Å². The molecule has 5 rings (SSSR count). The minimum atomic E-state index is -0.0304. The molecule has 10 atom stereocenters. The second-order valence-corrected chi connectivity index (χ2v) is 6.01. The van der Waals surface area contributed by atoms with Gasteiger partial charge >= 0.3 is 0 Å². The minimum Gasteiger partial charge on any atom is -0.393 e. The maximum absolute atomic E-state index is 10.1. The predicted molar refractivity (Wildman–Crippen MR) is 44.6 cm³/mol. The summed E-state index contributed by atoms with van der Waals surface area (Å²) in [6, 6.07) is 0. The lowest BCUT2D eigenvalue weighted by Crippen LogP contribution is -2.51. The van der Waals surface area contributed by atoms with Gasteiger partial charge in [-0.1, -0.05) is 0 Å². The van der Waals surface area contributed by atoms with E-state index in [1.807, 2.05) is 0 Å². The molecule has 0 aromatic carbocycles. The highest BCUT2D eigenvalue weighted by atomic mass is 16.3. The van der Waals surface area contributed by atoms with E-state index in [0.717, 1.165) is 23.7 Å². The molecule has 5 fully saturated rings. The van der Waals surface area contributed by atoms with Crippen LogP contribution < -0.4 is 0 Å². The van der Waals surface area contributed by atoms with Crippen molar-refractivity contribution in [2.75, 3.05) is 0 Å². The Balaban J connectivity index is 1.83. The highest BCUT2D eigenvalue weighted by Gasteiger charge is 2.83. The van der Waals surface area contributed by atoms with Crippen molar-refractivity contribution in [2.45, 2.75) is 18.6 Å². The first-order chi connectivity index (χ1) is 6.30. The molecule has 2 heteroatoms. The first kappa shape index (κ1) is 6.41. The summed E-state index contributed by atoms with van der Waals surface area (Å²) >= 11 is 0. The van der Waals surface area contributed by atoms with Crippen molar-refractivity contribution in [3.05, 3.63) is 0 Å². The maximum Gasteiger partial charge on any atom is 0.0609 e. The lowest BCUT2D eigenvalue weighted by molar-refractivity contribution is -0.109. The molecule has 70 valence electrons. The second-order valence-electron chi connectivity index (χ2n) is 6.01. The molecule has 0 spiro atoms. The molecule has 2 N–H and O–H groups in total. The van der Waals surface area contributed by atoms with Crippen LogP contribution in [-0.2, 0) is 0 Å². The normalized spacial score (nSPS) is 85.4. The van der Waals surface area contributed by atoms with Crippen LogP contribution in [0, 0.1) is 47.3 Å². The van der Waals surface area contributed by atoms with E-state index in [-0.39, 0.29) is 12.2 Å². The number of aliphatic hydroxyl groups is 2. The Kier molecular flexibility index (Phi) is 0.733. The third-order valence-electron chi connectivity index (χ3n) is 6.32. The second kappa shape index (κ2) is 1.49. The monoisotopic (exact) mass is 178 g/mol. The fourth-order valence-corrected chi connectivity index (χ4v) is 6.44. The van der Waals surface area contributed by atoms with Crippen molar-refractivity contribution in [3.63, 3.8) is 0 Å². The van der Waals surface area contributed by atoms with Gasteiger partial charge in [-0.2, -0.15) is 0 Å². The largest absolute Gasteiger partial charge is 0.393 e. The van der Waals surface area contributed by atoms with Crippen LogP contribution in [0.2, 0.25) is 0 Å². The Labute approximate surface area is 76.9 Å². The molecule has 5 aliphatic rings. The average molecular weight is 178 g/mol. The molecular weight excluding hydrogens is 164 g/mol. The maximum atomic E-state index is 10.1. The fourth-order valence-electron chi connectivity index (χ4n) is 6.44. The van der Waals surface area contributed by atoms with E-state index in [1.54, 1.807) is 0 Å². The van der Waals surface area contributed by atoms with Gasteiger partial charge in [-0.15, -0.1) is 0 Å². The Morgan fingerprint density at radius 3 is 1.54 bits per heavy atom. The van der Waals surface area contributed by atoms with E-state index in [4.69, 9.17) is 0 Å². The molecule has 0 aromatic heterocycles. The molecule has 0 unspecified atom stereocenters. The van der Waals surface area contributed by atoms with Crippen LogP contribution in [-0.4, -0.2) is 22.4 Å². The molecule has 2 bridgehead atoms. The molecule has 13 heavy (non-hydrogen) atoms. The Morgan fingerprint density at radius 2 is 1.08 bits per heavy atom. The minimum absolute atomic E-state index is 0.0304. The fraction of sp³-hybridized carbons (Fsp3) is 1.00. The lowest BCUT2D eigenvalue weighted by atomic mass is 9.58. The van der Waals surface area contributed by atoms with Gasteiger partial charge in [0.1, 0.15) is 0 Å². The molecule has 0 aromatic rings. The molecular formula is C11H14O2. The summed E-state index contributed by atoms with van der Waals surface area (Å²) in [7, 11) is 0. The van der Waals surface area contributed by atoms with Crippen molar-refractivity contribution >= 4 is 0 Å². The zero-order valence-corrected chi connectivity index (χ0v) is 7.38. The summed E-state index contributed by atoms with van der Waals surface area (Å²) in [6.07, 6.45) is 1.28. The van der Waals surface area contributed by atoms with Crippen molar-refractivity contribution < 1.29 is 10.2 Å². The van der Waals surface area contributed by atoms with E-state index in [1.165, 1.54) is 6.42 Å². The van der Waals surface area contributed by atoms with Crippen LogP contribution >= 0.6 is 0 Å². The van der Waals surface area contributed by atoms with Gasteiger partial charge < -0.3 is 10.2 Å². The van der Waals surface area contributed by atoms with Crippen molar-refractivity contribution in [2.24, 2.45) is 47.3 Å². The smallest absolute Gasteiger partial charge is 0.0609 e. The summed E-state index contributed by atoms with van der Waals surface area (Å²) in [6.45, 7) is 0. The van der Waals surface area contributed by atoms with E-state index >= 15 is 0 Å². The van der Waals surface area contributed by atoms with Gasteiger partial charge in [0.25, 0.3) is 0 Å². The number of hydrogen-bond acceptors (Lipinski definition) is 2. The SMILES string of the molecule is O[C@@H]1[C@@H]2[C@@H]3[C@H](O)[C@H]4[C@H]5C[C@H]([C@@H]2[C@@H]53)[C@@H]14. The molecule has 0 aliphatic heterocycles. The first-order valence-corrected chi connectivity index (χ1v) is 5.67. The van der Waals surface area contributed by atoms with Crippen LogP contribution in [0.5, 0.6) is 0 Å². The molecule has 0 amide bonds. The van der Waals surface area contributed by atoms with Gasteiger partial charge in [-0.25, -0.2) is 0 Å². The van der Waals surface area contributed by atoms with Gasteiger partial charge in [0.15, 0.2) is 0 Å². The highest BCUT2D eigenvalue weighted by Crippen LogP contribution is 2.82. The Hall–Kier alpha value is -0.0800. The summed E-state index contributed by atoms with van der Waals surface area (Å²) < 4.78 is 0. The van der Waals surface area contributed by atoms with Crippen LogP contribution in [0.15, 0.2) is 0 Å². The van der Waals surface area contributed by atoms with Gasteiger partial charge in [0.2, 0.25) is 0 Å². The molecule has 0 heterocycles. The number of rotatable bonds is 0. The summed E-state index contributed by atoms with van der Waals surface area (Å²) in [5.41, 5.74) is 0. The summed E-state index contributed by atoms with van der Waals surface area (Å²) in [4.78, 5) is 0. The van der Waals surface area contributed by atoms with Crippen LogP contribution in [0.1, 0.15) is 6.42 Å². The van der Waals surface area contributed by atoms with Gasteiger partial charge in [-0.05, 0) is 53.8 Å².